The van der Waals surface area contributed by atoms with Crippen molar-refractivity contribution in [2.24, 2.45) is 0 Å². The smallest absolute Gasteiger partial charge is 0.274 e. The predicted octanol–water partition coefficient (Wildman–Crippen LogP) is 2.72. The second-order valence-electron chi connectivity index (χ2n) is 4.72. The van der Waals surface area contributed by atoms with Gasteiger partial charge < -0.3 is 9.64 Å². The number of aromatic nitrogens is 2. The second-order valence-corrected chi connectivity index (χ2v) is 5.11. The van der Waals surface area contributed by atoms with E-state index in [1.807, 2.05) is 25.1 Å². The van der Waals surface area contributed by atoms with E-state index in [-0.39, 0.29) is 16.8 Å². The van der Waals surface area contributed by atoms with Crippen LogP contribution in [0.3, 0.4) is 0 Å². The molecule has 1 aromatic heterocycles. The monoisotopic (exact) mass is 305 g/mol. The minimum Gasteiger partial charge on any atom is -0.496 e. The van der Waals surface area contributed by atoms with Crippen molar-refractivity contribution < 1.29 is 9.53 Å². The van der Waals surface area contributed by atoms with Gasteiger partial charge in [-0.3, -0.25) is 4.79 Å². The summed E-state index contributed by atoms with van der Waals surface area (Å²) in [7, 11) is 3.32. The molecular weight excluding hydrogens is 290 g/mol. The van der Waals surface area contributed by atoms with Gasteiger partial charge in [-0.25, -0.2) is 0 Å². The Morgan fingerprint density at radius 1 is 1.29 bits per heavy atom. The van der Waals surface area contributed by atoms with Crippen LogP contribution in [0.2, 0.25) is 5.15 Å². The predicted molar refractivity (Wildman–Crippen MR) is 80.6 cm³/mol. The molecule has 2 aromatic rings. The molecule has 1 amide bonds. The van der Waals surface area contributed by atoms with Crippen molar-refractivity contribution >= 4 is 17.5 Å². The highest BCUT2D eigenvalue weighted by Crippen LogP contribution is 2.21. The molecule has 0 spiro atoms. The summed E-state index contributed by atoms with van der Waals surface area (Å²) in [4.78, 5) is 13.8. The number of carbonyl (C=O) groups excluding carboxylic acids is 1. The molecule has 0 saturated carbocycles. The molecule has 6 heteroatoms. The summed E-state index contributed by atoms with van der Waals surface area (Å²) >= 11 is 5.67. The molecule has 21 heavy (non-hydrogen) atoms. The molecule has 0 aliphatic rings. The van der Waals surface area contributed by atoms with E-state index < -0.39 is 0 Å². The third kappa shape index (κ3) is 3.70. The number of halogens is 1. The number of ether oxygens (including phenoxy) is 1. The minimum atomic E-state index is -0.220. The SMILES string of the molecule is COc1ccc(C)cc1CN(C)C(=O)c1ccc(Cl)nn1. The van der Waals surface area contributed by atoms with Crippen molar-refractivity contribution in [1.82, 2.24) is 15.1 Å². The van der Waals surface area contributed by atoms with E-state index in [1.165, 1.54) is 0 Å². The van der Waals surface area contributed by atoms with Crippen molar-refractivity contribution in [3.05, 3.63) is 52.3 Å². The first-order chi connectivity index (χ1) is 10.0. The summed E-state index contributed by atoms with van der Waals surface area (Å²) in [6.45, 7) is 2.42. The van der Waals surface area contributed by atoms with Crippen LogP contribution < -0.4 is 4.74 Å². The lowest BCUT2D eigenvalue weighted by atomic mass is 10.1. The van der Waals surface area contributed by atoms with Crippen molar-refractivity contribution in [3.63, 3.8) is 0 Å². The van der Waals surface area contributed by atoms with Gasteiger partial charge in [-0.15, -0.1) is 10.2 Å². The molecule has 1 aromatic carbocycles. The molecule has 0 radical (unpaired) electrons. The summed E-state index contributed by atoms with van der Waals surface area (Å²) in [6, 6.07) is 8.96. The molecule has 0 bridgehead atoms. The molecular formula is C15H16ClN3O2. The lowest BCUT2D eigenvalue weighted by Crippen LogP contribution is -2.27. The molecule has 5 nitrogen and oxygen atoms in total. The summed E-state index contributed by atoms with van der Waals surface area (Å²) in [5.74, 6) is 0.533. The van der Waals surface area contributed by atoms with Gasteiger partial charge in [0.25, 0.3) is 5.91 Å². The van der Waals surface area contributed by atoms with Gasteiger partial charge in [0.15, 0.2) is 10.8 Å². The zero-order chi connectivity index (χ0) is 15.4. The number of amides is 1. The van der Waals surface area contributed by atoms with Crippen molar-refractivity contribution in [2.75, 3.05) is 14.2 Å². The van der Waals surface area contributed by atoms with E-state index >= 15 is 0 Å². The van der Waals surface area contributed by atoms with Crippen LogP contribution in [0.1, 0.15) is 21.6 Å². The van der Waals surface area contributed by atoms with Crippen molar-refractivity contribution in [3.8, 4) is 5.75 Å². The maximum atomic E-state index is 12.3. The van der Waals surface area contributed by atoms with Crippen LogP contribution in [-0.4, -0.2) is 35.2 Å². The Balaban J connectivity index is 2.17. The molecule has 1 heterocycles. The van der Waals surface area contributed by atoms with Crippen molar-refractivity contribution in [1.29, 1.82) is 0 Å². The van der Waals surface area contributed by atoms with Crippen LogP contribution >= 0.6 is 11.6 Å². The summed E-state index contributed by atoms with van der Waals surface area (Å²) in [5, 5.41) is 7.74. The molecule has 0 atom stereocenters. The van der Waals surface area contributed by atoms with Gasteiger partial charge in [-0.1, -0.05) is 29.3 Å². The number of hydrogen-bond donors (Lipinski definition) is 0. The van der Waals surface area contributed by atoms with Gasteiger partial charge in [-0.05, 0) is 25.1 Å². The lowest BCUT2D eigenvalue weighted by Gasteiger charge is -2.18. The largest absolute Gasteiger partial charge is 0.496 e. The van der Waals surface area contributed by atoms with E-state index in [0.717, 1.165) is 16.9 Å². The molecule has 0 unspecified atom stereocenters. The fraction of sp³-hybridized carbons (Fsp3) is 0.267. The second kappa shape index (κ2) is 6.54. The highest BCUT2D eigenvalue weighted by Gasteiger charge is 2.16. The van der Waals surface area contributed by atoms with Gasteiger partial charge in [0, 0.05) is 19.2 Å². The molecule has 0 aliphatic heterocycles. The number of benzene rings is 1. The highest BCUT2D eigenvalue weighted by atomic mass is 35.5. The normalized spacial score (nSPS) is 10.3. The first kappa shape index (κ1) is 15.3. The number of nitrogens with zero attached hydrogens (tertiary/aromatic N) is 3. The Kier molecular flexibility index (Phi) is 4.75. The van der Waals surface area contributed by atoms with E-state index in [1.54, 1.807) is 31.2 Å². The number of hydrogen-bond acceptors (Lipinski definition) is 4. The quantitative estimate of drug-likeness (QED) is 0.871. The Morgan fingerprint density at radius 3 is 2.67 bits per heavy atom. The van der Waals surface area contributed by atoms with Crippen LogP contribution in [0, 0.1) is 6.92 Å². The molecule has 110 valence electrons. The standard InChI is InChI=1S/C15H16ClN3O2/c1-10-4-6-13(21-3)11(8-10)9-19(2)15(20)12-5-7-14(16)18-17-12/h4-8H,9H2,1-3H3. The Labute approximate surface area is 128 Å². The zero-order valence-electron chi connectivity index (χ0n) is 12.1. The maximum Gasteiger partial charge on any atom is 0.274 e. The van der Waals surface area contributed by atoms with E-state index in [0.29, 0.717) is 6.54 Å². The van der Waals surface area contributed by atoms with Gasteiger partial charge in [0.1, 0.15) is 5.75 Å². The third-order valence-corrected chi connectivity index (χ3v) is 3.24. The van der Waals surface area contributed by atoms with Gasteiger partial charge in [0.2, 0.25) is 0 Å². The van der Waals surface area contributed by atoms with Gasteiger partial charge in [0.05, 0.1) is 7.11 Å². The first-order valence-electron chi connectivity index (χ1n) is 6.39. The molecule has 0 fully saturated rings. The lowest BCUT2D eigenvalue weighted by molar-refractivity contribution is 0.0777. The van der Waals surface area contributed by atoms with E-state index in [2.05, 4.69) is 10.2 Å². The Bertz CT molecular complexity index is 644. The van der Waals surface area contributed by atoms with Gasteiger partial charge in [-0.2, -0.15) is 0 Å². The number of rotatable bonds is 4. The topological polar surface area (TPSA) is 55.3 Å². The van der Waals surface area contributed by atoms with Crippen LogP contribution in [0.4, 0.5) is 0 Å². The van der Waals surface area contributed by atoms with E-state index in [4.69, 9.17) is 16.3 Å². The molecule has 2 rings (SSSR count). The summed E-state index contributed by atoms with van der Waals surface area (Å²) in [6.07, 6.45) is 0. The Morgan fingerprint density at radius 2 is 2.05 bits per heavy atom. The third-order valence-electron chi connectivity index (χ3n) is 3.04. The molecule has 0 N–H and O–H groups in total. The van der Waals surface area contributed by atoms with Crippen LogP contribution in [0.5, 0.6) is 5.75 Å². The zero-order valence-corrected chi connectivity index (χ0v) is 12.9. The van der Waals surface area contributed by atoms with Gasteiger partial charge >= 0.3 is 0 Å². The Hall–Kier alpha value is -2.14. The van der Waals surface area contributed by atoms with Crippen LogP contribution in [-0.2, 0) is 6.54 Å². The molecule has 0 aliphatic carbocycles. The summed E-state index contributed by atoms with van der Waals surface area (Å²) < 4.78 is 5.32. The number of carbonyl (C=O) groups is 1. The fourth-order valence-electron chi connectivity index (χ4n) is 1.98. The maximum absolute atomic E-state index is 12.3. The highest BCUT2D eigenvalue weighted by molar-refractivity contribution is 6.29. The fourth-order valence-corrected chi connectivity index (χ4v) is 2.08. The summed E-state index contributed by atoms with van der Waals surface area (Å²) in [5.41, 5.74) is 2.31. The first-order valence-corrected chi connectivity index (χ1v) is 6.77. The average molecular weight is 306 g/mol. The van der Waals surface area contributed by atoms with Crippen molar-refractivity contribution in [2.45, 2.75) is 13.5 Å². The minimum absolute atomic E-state index is 0.220. The van der Waals surface area contributed by atoms with Crippen LogP contribution in [0.25, 0.3) is 0 Å². The van der Waals surface area contributed by atoms with E-state index in [9.17, 15) is 4.79 Å². The number of aryl methyl sites for hydroxylation is 1. The molecule has 0 saturated heterocycles. The number of methoxy groups -OCH3 is 1. The van der Waals surface area contributed by atoms with Crippen LogP contribution in [0.15, 0.2) is 30.3 Å². The average Bonchev–Trinajstić information content (AvgIpc) is 2.47.